The van der Waals surface area contributed by atoms with Crippen LogP contribution >= 0.6 is 0 Å². The third kappa shape index (κ3) is 3.13. The van der Waals surface area contributed by atoms with Crippen LogP contribution < -0.4 is 5.69 Å². The van der Waals surface area contributed by atoms with E-state index in [1.807, 2.05) is 36.7 Å². The number of hydrogen-bond donors (Lipinski definition) is 1. The molecule has 1 heterocycles. The Morgan fingerprint density at radius 3 is 2.57 bits per heavy atom. The van der Waals surface area contributed by atoms with Crippen LogP contribution in [-0.2, 0) is 11.3 Å². The van der Waals surface area contributed by atoms with E-state index in [-0.39, 0.29) is 5.69 Å². The Kier molecular flexibility index (Phi) is 3.48. The van der Waals surface area contributed by atoms with E-state index in [0.717, 1.165) is 30.0 Å². The number of carboxylic acids is 1. The van der Waals surface area contributed by atoms with Gasteiger partial charge in [0.15, 0.2) is 0 Å². The molecule has 108 valence electrons. The minimum atomic E-state index is -0.966. The van der Waals surface area contributed by atoms with Crippen LogP contribution in [0.3, 0.4) is 0 Å². The van der Waals surface area contributed by atoms with E-state index in [0.29, 0.717) is 12.6 Å². The molecule has 0 atom stereocenters. The molecule has 1 fully saturated rings. The fraction of sp³-hybridized carbons (Fsp3) is 0.250. The third-order valence-corrected chi connectivity index (χ3v) is 3.57. The van der Waals surface area contributed by atoms with Crippen LogP contribution in [0.5, 0.6) is 0 Å². The van der Waals surface area contributed by atoms with E-state index in [9.17, 15) is 9.59 Å². The summed E-state index contributed by atoms with van der Waals surface area (Å²) in [6.07, 6.45) is 8.50. The SMILES string of the molecule is O=C(O)/C=C/c1ccc(Cn2ccn(C3CC3)c2=O)cc1. The number of rotatable bonds is 5. The van der Waals surface area contributed by atoms with Gasteiger partial charge in [-0.25, -0.2) is 9.59 Å². The maximum Gasteiger partial charge on any atom is 0.328 e. The first-order valence-electron chi connectivity index (χ1n) is 6.91. The van der Waals surface area contributed by atoms with Gasteiger partial charge < -0.3 is 5.11 Å². The van der Waals surface area contributed by atoms with Crippen molar-refractivity contribution in [3.05, 3.63) is 64.3 Å². The predicted octanol–water partition coefficient (Wildman–Crippen LogP) is 2.13. The summed E-state index contributed by atoms with van der Waals surface area (Å²) in [4.78, 5) is 22.6. The van der Waals surface area contributed by atoms with Crippen molar-refractivity contribution in [3.63, 3.8) is 0 Å². The first-order chi connectivity index (χ1) is 10.1. The topological polar surface area (TPSA) is 64.2 Å². The number of carbonyl (C=O) groups is 1. The van der Waals surface area contributed by atoms with Gasteiger partial charge in [-0.1, -0.05) is 24.3 Å². The van der Waals surface area contributed by atoms with Crippen molar-refractivity contribution >= 4 is 12.0 Å². The lowest BCUT2D eigenvalue weighted by Crippen LogP contribution is -2.23. The first-order valence-corrected chi connectivity index (χ1v) is 6.91. The molecule has 0 unspecified atom stereocenters. The molecule has 1 N–H and O–H groups in total. The fourth-order valence-electron chi connectivity index (χ4n) is 2.28. The molecule has 0 spiro atoms. The molecule has 0 amide bonds. The molecule has 1 aromatic heterocycles. The average Bonchev–Trinajstić information content (AvgIpc) is 3.24. The highest BCUT2D eigenvalue weighted by Gasteiger charge is 2.25. The number of aliphatic carboxylic acids is 1. The van der Waals surface area contributed by atoms with E-state index in [1.165, 1.54) is 0 Å². The molecule has 1 aliphatic carbocycles. The summed E-state index contributed by atoms with van der Waals surface area (Å²) < 4.78 is 3.49. The standard InChI is InChI=1S/C16H16N2O3/c19-15(20)8-5-12-1-3-13(4-2-12)11-17-9-10-18(16(17)21)14-6-7-14/h1-5,8-10,14H,6-7,11H2,(H,19,20)/b8-5+. The lowest BCUT2D eigenvalue weighted by Gasteiger charge is -2.03. The second kappa shape index (κ2) is 5.44. The number of imidazole rings is 1. The molecule has 0 saturated heterocycles. The Morgan fingerprint density at radius 1 is 1.24 bits per heavy atom. The van der Waals surface area contributed by atoms with Gasteiger partial charge in [-0.05, 0) is 30.0 Å². The van der Waals surface area contributed by atoms with Crippen LogP contribution in [-0.4, -0.2) is 20.2 Å². The van der Waals surface area contributed by atoms with Gasteiger partial charge in [0.05, 0.1) is 6.54 Å². The number of aromatic nitrogens is 2. The highest BCUT2D eigenvalue weighted by Crippen LogP contribution is 2.33. The van der Waals surface area contributed by atoms with E-state index in [1.54, 1.807) is 15.2 Å². The predicted molar refractivity (Wildman–Crippen MR) is 79.2 cm³/mol. The number of carboxylic acid groups (broad SMARTS) is 1. The minimum absolute atomic E-state index is 0.0346. The number of nitrogens with zero attached hydrogens (tertiary/aromatic N) is 2. The molecule has 0 bridgehead atoms. The van der Waals surface area contributed by atoms with Crippen molar-refractivity contribution in [2.24, 2.45) is 0 Å². The van der Waals surface area contributed by atoms with Crippen LogP contribution in [0.2, 0.25) is 0 Å². The van der Waals surface area contributed by atoms with Crippen molar-refractivity contribution in [2.75, 3.05) is 0 Å². The molecule has 1 aromatic carbocycles. The summed E-state index contributed by atoms with van der Waals surface area (Å²) in [5, 5.41) is 8.58. The van der Waals surface area contributed by atoms with Crippen molar-refractivity contribution in [3.8, 4) is 0 Å². The van der Waals surface area contributed by atoms with Gasteiger partial charge in [0, 0.05) is 24.5 Å². The Balaban J connectivity index is 1.73. The van der Waals surface area contributed by atoms with Crippen LogP contribution in [0.25, 0.3) is 6.08 Å². The van der Waals surface area contributed by atoms with Gasteiger partial charge in [-0.15, -0.1) is 0 Å². The quantitative estimate of drug-likeness (QED) is 0.855. The van der Waals surface area contributed by atoms with Crippen molar-refractivity contribution in [2.45, 2.75) is 25.4 Å². The number of hydrogen-bond acceptors (Lipinski definition) is 2. The molecule has 1 aliphatic rings. The summed E-state index contributed by atoms with van der Waals surface area (Å²) in [6.45, 7) is 0.529. The van der Waals surface area contributed by atoms with E-state index in [4.69, 9.17) is 5.11 Å². The van der Waals surface area contributed by atoms with Crippen molar-refractivity contribution < 1.29 is 9.90 Å². The maximum absolute atomic E-state index is 12.1. The average molecular weight is 284 g/mol. The summed E-state index contributed by atoms with van der Waals surface area (Å²) >= 11 is 0. The highest BCUT2D eigenvalue weighted by atomic mass is 16.4. The highest BCUT2D eigenvalue weighted by molar-refractivity contribution is 5.85. The van der Waals surface area contributed by atoms with E-state index in [2.05, 4.69) is 0 Å². The molecule has 0 aliphatic heterocycles. The summed E-state index contributed by atoms with van der Waals surface area (Å²) in [6, 6.07) is 7.89. The van der Waals surface area contributed by atoms with Gasteiger partial charge in [-0.2, -0.15) is 0 Å². The first kappa shape index (κ1) is 13.4. The van der Waals surface area contributed by atoms with Crippen LogP contribution in [0.1, 0.15) is 30.0 Å². The van der Waals surface area contributed by atoms with E-state index < -0.39 is 5.97 Å². The monoisotopic (exact) mass is 284 g/mol. The smallest absolute Gasteiger partial charge is 0.328 e. The zero-order valence-electron chi connectivity index (χ0n) is 11.5. The Hall–Kier alpha value is -2.56. The largest absolute Gasteiger partial charge is 0.478 e. The molecule has 5 nitrogen and oxygen atoms in total. The van der Waals surface area contributed by atoms with Gasteiger partial charge in [-0.3, -0.25) is 9.13 Å². The second-order valence-electron chi connectivity index (χ2n) is 5.26. The van der Waals surface area contributed by atoms with Gasteiger partial charge in [0.25, 0.3) is 0 Å². The summed E-state index contributed by atoms with van der Waals surface area (Å²) in [5.41, 5.74) is 1.87. The zero-order chi connectivity index (χ0) is 14.8. The van der Waals surface area contributed by atoms with Crippen LogP contribution in [0.4, 0.5) is 0 Å². The minimum Gasteiger partial charge on any atom is -0.478 e. The van der Waals surface area contributed by atoms with Gasteiger partial charge in [0.2, 0.25) is 0 Å². The second-order valence-corrected chi connectivity index (χ2v) is 5.26. The molecule has 2 aromatic rings. The molecular formula is C16H16N2O3. The van der Waals surface area contributed by atoms with Gasteiger partial charge >= 0.3 is 11.7 Å². The van der Waals surface area contributed by atoms with Crippen molar-refractivity contribution in [1.29, 1.82) is 0 Å². The number of benzene rings is 1. The summed E-state index contributed by atoms with van der Waals surface area (Å²) in [7, 11) is 0. The normalized spacial score (nSPS) is 14.7. The maximum atomic E-state index is 12.1. The van der Waals surface area contributed by atoms with Crippen LogP contribution in [0.15, 0.2) is 47.5 Å². The summed E-state index contributed by atoms with van der Waals surface area (Å²) in [5.74, 6) is -0.966. The fourth-order valence-corrected chi connectivity index (χ4v) is 2.28. The van der Waals surface area contributed by atoms with Crippen molar-refractivity contribution in [1.82, 2.24) is 9.13 Å². The third-order valence-electron chi connectivity index (χ3n) is 3.57. The Morgan fingerprint density at radius 2 is 1.95 bits per heavy atom. The Bertz CT molecular complexity index is 734. The molecule has 5 heteroatoms. The molecule has 21 heavy (non-hydrogen) atoms. The molecule has 3 rings (SSSR count). The lowest BCUT2D eigenvalue weighted by atomic mass is 10.1. The zero-order valence-corrected chi connectivity index (χ0v) is 11.5. The molecule has 0 radical (unpaired) electrons. The Labute approximate surface area is 121 Å². The molecule has 1 saturated carbocycles. The lowest BCUT2D eigenvalue weighted by molar-refractivity contribution is -0.131. The molecular weight excluding hydrogens is 268 g/mol. The van der Waals surface area contributed by atoms with Gasteiger partial charge in [0.1, 0.15) is 0 Å². The van der Waals surface area contributed by atoms with E-state index >= 15 is 0 Å². The van der Waals surface area contributed by atoms with Crippen LogP contribution in [0, 0.1) is 0 Å².